The summed E-state index contributed by atoms with van der Waals surface area (Å²) in [5.74, 6) is 0.888. The third-order valence-corrected chi connectivity index (χ3v) is 2.20. The van der Waals surface area contributed by atoms with Crippen LogP contribution in [0, 0.1) is 13.8 Å². The highest BCUT2D eigenvalue weighted by Crippen LogP contribution is 2.20. The number of nitrogens with two attached hydrogens (primary N) is 1. The van der Waals surface area contributed by atoms with Crippen LogP contribution in [0.1, 0.15) is 16.7 Å². The third kappa shape index (κ3) is 1.59. The Kier molecular flexibility index (Phi) is 2.71. The van der Waals surface area contributed by atoms with Crippen LogP contribution in [0.5, 0.6) is 5.75 Å². The Morgan fingerprint density at radius 2 is 2.00 bits per heavy atom. The molecule has 1 aromatic rings. The molecule has 0 aliphatic carbocycles. The van der Waals surface area contributed by atoms with Crippen LogP contribution in [0.15, 0.2) is 12.1 Å². The highest BCUT2D eigenvalue weighted by Gasteiger charge is 2.02. The lowest BCUT2D eigenvalue weighted by atomic mass is 10.0. The molecule has 2 heteroatoms. The van der Waals surface area contributed by atoms with E-state index in [0.717, 1.165) is 11.3 Å². The standard InChI is InChI=1S/C10H15NO/c1-7-4-10(12-3)5-9(6-11)8(7)2/h4-5H,6,11H2,1-3H3. The normalized spacial score (nSPS) is 10.0. The predicted molar refractivity (Wildman–Crippen MR) is 50.4 cm³/mol. The van der Waals surface area contributed by atoms with Crippen LogP contribution in [0.3, 0.4) is 0 Å². The van der Waals surface area contributed by atoms with Gasteiger partial charge in [0.05, 0.1) is 7.11 Å². The maximum atomic E-state index is 5.59. The minimum atomic E-state index is 0.573. The minimum absolute atomic E-state index is 0.573. The van der Waals surface area contributed by atoms with Crippen LogP contribution in [0.4, 0.5) is 0 Å². The zero-order valence-electron chi connectivity index (χ0n) is 7.85. The lowest BCUT2D eigenvalue weighted by Gasteiger charge is -2.09. The Balaban J connectivity index is 3.19. The highest BCUT2D eigenvalue weighted by molar-refractivity contribution is 5.40. The summed E-state index contributed by atoms with van der Waals surface area (Å²) in [4.78, 5) is 0. The molecule has 0 fully saturated rings. The molecule has 0 unspecified atom stereocenters. The average molecular weight is 165 g/mol. The Bertz CT molecular complexity index is 281. The van der Waals surface area contributed by atoms with Crippen molar-refractivity contribution in [1.29, 1.82) is 0 Å². The Hall–Kier alpha value is -1.02. The molecule has 2 nitrogen and oxygen atoms in total. The van der Waals surface area contributed by atoms with Crippen LogP contribution in [-0.2, 0) is 6.54 Å². The molecule has 0 saturated carbocycles. The third-order valence-electron chi connectivity index (χ3n) is 2.20. The van der Waals surface area contributed by atoms with Gasteiger partial charge in [-0.25, -0.2) is 0 Å². The summed E-state index contributed by atoms with van der Waals surface area (Å²) >= 11 is 0. The Morgan fingerprint density at radius 3 is 2.50 bits per heavy atom. The van der Waals surface area contributed by atoms with Gasteiger partial charge in [0.25, 0.3) is 0 Å². The summed E-state index contributed by atoms with van der Waals surface area (Å²) in [6.07, 6.45) is 0. The number of hydrogen-bond acceptors (Lipinski definition) is 2. The van der Waals surface area contributed by atoms with Crippen molar-refractivity contribution in [2.75, 3.05) is 7.11 Å². The number of ether oxygens (including phenoxy) is 1. The zero-order valence-corrected chi connectivity index (χ0v) is 7.85. The lowest BCUT2D eigenvalue weighted by Crippen LogP contribution is -2.01. The topological polar surface area (TPSA) is 35.2 Å². The van der Waals surface area contributed by atoms with E-state index in [2.05, 4.69) is 13.8 Å². The van der Waals surface area contributed by atoms with Gasteiger partial charge in [0.15, 0.2) is 0 Å². The van der Waals surface area contributed by atoms with Crippen LogP contribution < -0.4 is 10.5 Å². The van der Waals surface area contributed by atoms with Crippen LogP contribution in [-0.4, -0.2) is 7.11 Å². The molecular weight excluding hydrogens is 150 g/mol. The molecule has 0 amide bonds. The maximum Gasteiger partial charge on any atom is 0.119 e. The molecule has 0 radical (unpaired) electrons. The second kappa shape index (κ2) is 3.59. The first-order valence-electron chi connectivity index (χ1n) is 4.03. The lowest BCUT2D eigenvalue weighted by molar-refractivity contribution is 0.414. The van der Waals surface area contributed by atoms with Gasteiger partial charge in [0.1, 0.15) is 5.75 Å². The zero-order chi connectivity index (χ0) is 9.14. The summed E-state index contributed by atoms with van der Waals surface area (Å²) in [5.41, 5.74) is 9.24. The number of hydrogen-bond donors (Lipinski definition) is 1. The second-order valence-corrected chi connectivity index (χ2v) is 2.93. The minimum Gasteiger partial charge on any atom is -0.497 e. The van der Waals surface area contributed by atoms with Gasteiger partial charge < -0.3 is 10.5 Å². The second-order valence-electron chi connectivity index (χ2n) is 2.93. The largest absolute Gasteiger partial charge is 0.497 e. The molecule has 0 saturated heterocycles. The Labute approximate surface area is 73.3 Å². The summed E-state index contributed by atoms with van der Waals surface area (Å²) < 4.78 is 5.14. The quantitative estimate of drug-likeness (QED) is 0.724. The van der Waals surface area contributed by atoms with E-state index >= 15 is 0 Å². The first-order chi connectivity index (χ1) is 5.69. The summed E-state index contributed by atoms with van der Waals surface area (Å²) in [6, 6.07) is 4.01. The van der Waals surface area contributed by atoms with E-state index in [1.54, 1.807) is 7.11 Å². The average Bonchev–Trinajstić information content (AvgIpc) is 2.09. The predicted octanol–water partition coefficient (Wildman–Crippen LogP) is 1.77. The molecular formula is C10H15NO. The summed E-state index contributed by atoms with van der Waals surface area (Å²) in [7, 11) is 1.67. The van der Waals surface area contributed by atoms with Gasteiger partial charge in [0, 0.05) is 6.54 Å². The van der Waals surface area contributed by atoms with Crippen molar-refractivity contribution < 1.29 is 4.74 Å². The monoisotopic (exact) mass is 165 g/mol. The molecule has 1 aromatic carbocycles. The van der Waals surface area contributed by atoms with Crippen molar-refractivity contribution in [3.05, 3.63) is 28.8 Å². The van der Waals surface area contributed by atoms with Crippen molar-refractivity contribution in [3.8, 4) is 5.75 Å². The van der Waals surface area contributed by atoms with Crippen molar-refractivity contribution in [2.45, 2.75) is 20.4 Å². The molecule has 1 rings (SSSR count). The first kappa shape index (κ1) is 9.07. The first-order valence-corrected chi connectivity index (χ1v) is 4.03. The Morgan fingerprint density at radius 1 is 1.33 bits per heavy atom. The van der Waals surface area contributed by atoms with Crippen molar-refractivity contribution in [2.24, 2.45) is 5.73 Å². The molecule has 2 N–H and O–H groups in total. The van der Waals surface area contributed by atoms with Crippen molar-refractivity contribution >= 4 is 0 Å². The van der Waals surface area contributed by atoms with Gasteiger partial charge >= 0.3 is 0 Å². The van der Waals surface area contributed by atoms with Gasteiger partial charge in [-0.3, -0.25) is 0 Å². The number of benzene rings is 1. The van der Waals surface area contributed by atoms with Gasteiger partial charge in [-0.15, -0.1) is 0 Å². The van der Waals surface area contributed by atoms with Gasteiger partial charge in [0.2, 0.25) is 0 Å². The highest BCUT2D eigenvalue weighted by atomic mass is 16.5. The van der Waals surface area contributed by atoms with Gasteiger partial charge in [-0.2, -0.15) is 0 Å². The molecule has 0 atom stereocenters. The SMILES string of the molecule is COc1cc(C)c(C)c(CN)c1. The molecule has 0 spiro atoms. The molecule has 0 aliphatic heterocycles. The van der Waals surface area contributed by atoms with Crippen molar-refractivity contribution in [1.82, 2.24) is 0 Å². The number of aryl methyl sites for hydroxylation is 1. The van der Waals surface area contributed by atoms with Crippen LogP contribution in [0.25, 0.3) is 0 Å². The van der Waals surface area contributed by atoms with E-state index in [4.69, 9.17) is 10.5 Å². The maximum absolute atomic E-state index is 5.59. The smallest absolute Gasteiger partial charge is 0.119 e. The van der Waals surface area contributed by atoms with E-state index in [1.807, 2.05) is 12.1 Å². The molecule has 0 bridgehead atoms. The van der Waals surface area contributed by atoms with E-state index < -0.39 is 0 Å². The molecule has 0 aliphatic rings. The fourth-order valence-corrected chi connectivity index (χ4v) is 1.23. The van der Waals surface area contributed by atoms with Gasteiger partial charge in [-0.05, 0) is 42.7 Å². The fraction of sp³-hybridized carbons (Fsp3) is 0.400. The molecule has 12 heavy (non-hydrogen) atoms. The number of methoxy groups -OCH3 is 1. The molecule has 66 valence electrons. The van der Waals surface area contributed by atoms with Gasteiger partial charge in [-0.1, -0.05) is 0 Å². The molecule has 0 aromatic heterocycles. The van der Waals surface area contributed by atoms with Crippen LogP contribution >= 0.6 is 0 Å². The van der Waals surface area contributed by atoms with E-state index in [9.17, 15) is 0 Å². The fourth-order valence-electron chi connectivity index (χ4n) is 1.23. The van der Waals surface area contributed by atoms with Crippen LogP contribution in [0.2, 0.25) is 0 Å². The van der Waals surface area contributed by atoms with E-state index in [0.29, 0.717) is 6.54 Å². The number of rotatable bonds is 2. The summed E-state index contributed by atoms with van der Waals surface area (Å²) in [6.45, 7) is 4.72. The van der Waals surface area contributed by atoms with E-state index in [1.165, 1.54) is 11.1 Å². The molecule has 0 heterocycles. The van der Waals surface area contributed by atoms with E-state index in [-0.39, 0.29) is 0 Å². The summed E-state index contributed by atoms with van der Waals surface area (Å²) in [5, 5.41) is 0. The van der Waals surface area contributed by atoms with Crippen molar-refractivity contribution in [3.63, 3.8) is 0 Å².